The predicted molar refractivity (Wildman–Crippen MR) is 54.2 cm³/mol. The Morgan fingerprint density at radius 2 is 2.33 bits per heavy atom. The molecule has 0 fully saturated rings. The molecule has 0 radical (unpaired) electrons. The van der Waals surface area contributed by atoms with Gasteiger partial charge in [-0.2, -0.15) is 0 Å². The van der Waals surface area contributed by atoms with Gasteiger partial charge in [-0.1, -0.05) is 24.6 Å². The van der Waals surface area contributed by atoms with Crippen LogP contribution in [0.2, 0.25) is 0 Å². The van der Waals surface area contributed by atoms with Crippen LogP contribution in [-0.4, -0.2) is 13.1 Å². The molecule has 0 saturated carbocycles. The molecule has 0 saturated heterocycles. The summed E-state index contributed by atoms with van der Waals surface area (Å²) in [5.41, 5.74) is 3.06. The molecule has 1 unspecified atom stereocenters. The van der Waals surface area contributed by atoms with Crippen molar-refractivity contribution in [3.8, 4) is 0 Å². The third-order valence-corrected chi connectivity index (χ3v) is 2.61. The number of nitrogens with one attached hydrogen (secondary N) is 1. The van der Waals surface area contributed by atoms with Crippen LogP contribution in [0.5, 0.6) is 0 Å². The molecule has 0 aromatic heterocycles. The van der Waals surface area contributed by atoms with Crippen molar-refractivity contribution in [3.05, 3.63) is 23.3 Å². The lowest BCUT2D eigenvalue weighted by Crippen LogP contribution is -2.27. The Bertz CT molecular complexity index is 197. The fraction of sp³-hybridized carbons (Fsp3) is 0.636. The second-order valence-electron chi connectivity index (χ2n) is 3.43. The molecule has 0 heterocycles. The summed E-state index contributed by atoms with van der Waals surface area (Å²) in [4.78, 5) is 0. The first-order chi connectivity index (χ1) is 5.79. The van der Waals surface area contributed by atoms with E-state index in [9.17, 15) is 0 Å². The van der Waals surface area contributed by atoms with Gasteiger partial charge in [-0.05, 0) is 38.8 Å². The van der Waals surface area contributed by atoms with Crippen LogP contribution in [-0.2, 0) is 0 Å². The lowest BCUT2D eigenvalue weighted by atomic mass is 9.92. The molecule has 0 aromatic rings. The van der Waals surface area contributed by atoms with Gasteiger partial charge in [-0.25, -0.2) is 0 Å². The lowest BCUT2D eigenvalue weighted by molar-refractivity contribution is 0.616. The molecule has 0 amide bonds. The van der Waals surface area contributed by atoms with Crippen LogP contribution in [0.15, 0.2) is 23.3 Å². The molecule has 1 heteroatoms. The maximum atomic E-state index is 3.34. The quantitative estimate of drug-likeness (QED) is 0.678. The summed E-state index contributed by atoms with van der Waals surface area (Å²) in [6.45, 7) is 4.47. The first-order valence-electron chi connectivity index (χ1n) is 4.83. The molecule has 0 bridgehead atoms. The molecule has 1 atom stereocenters. The van der Waals surface area contributed by atoms with E-state index in [0.29, 0.717) is 6.04 Å². The van der Waals surface area contributed by atoms with Gasteiger partial charge >= 0.3 is 0 Å². The average Bonchev–Trinajstić information content (AvgIpc) is 2.10. The Kier molecular flexibility index (Phi) is 3.54. The molecule has 1 aliphatic carbocycles. The van der Waals surface area contributed by atoms with E-state index in [4.69, 9.17) is 0 Å². The highest BCUT2D eigenvalue weighted by atomic mass is 14.9. The van der Waals surface area contributed by atoms with Gasteiger partial charge in [-0.15, -0.1) is 0 Å². The first kappa shape index (κ1) is 9.53. The summed E-state index contributed by atoms with van der Waals surface area (Å²) in [5, 5.41) is 3.34. The molecule has 0 aromatic carbocycles. The van der Waals surface area contributed by atoms with Crippen LogP contribution in [0.25, 0.3) is 0 Å². The van der Waals surface area contributed by atoms with Crippen molar-refractivity contribution in [2.75, 3.05) is 7.05 Å². The molecule has 12 heavy (non-hydrogen) atoms. The highest BCUT2D eigenvalue weighted by molar-refractivity contribution is 5.32. The van der Waals surface area contributed by atoms with Gasteiger partial charge in [0.15, 0.2) is 0 Å². The van der Waals surface area contributed by atoms with Crippen molar-refractivity contribution >= 4 is 0 Å². The van der Waals surface area contributed by atoms with Crippen molar-refractivity contribution in [1.29, 1.82) is 0 Å². The van der Waals surface area contributed by atoms with Crippen molar-refractivity contribution in [3.63, 3.8) is 0 Å². The number of likely N-dealkylation sites (N-methyl/N-ethyl adjacent to an activating group) is 1. The van der Waals surface area contributed by atoms with E-state index < -0.39 is 0 Å². The third kappa shape index (κ3) is 1.98. The zero-order chi connectivity index (χ0) is 8.97. The molecule has 1 nitrogen and oxygen atoms in total. The lowest BCUT2D eigenvalue weighted by Gasteiger charge is -2.21. The van der Waals surface area contributed by atoms with Crippen molar-refractivity contribution in [2.24, 2.45) is 0 Å². The van der Waals surface area contributed by atoms with E-state index in [-0.39, 0.29) is 0 Å². The molecule has 1 aliphatic rings. The molecular weight excluding hydrogens is 146 g/mol. The smallest absolute Gasteiger partial charge is 0.0314 e. The second-order valence-corrected chi connectivity index (χ2v) is 3.43. The van der Waals surface area contributed by atoms with Gasteiger partial charge in [0, 0.05) is 6.04 Å². The summed E-state index contributed by atoms with van der Waals surface area (Å²) in [6, 6.07) is 0.557. The fourth-order valence-corrected chi connectivity index (χ4v) is 1.79. The zero-order valence-corrected chi connectivity index (χ0v) is 8.35. The van der Waals surface area contributed by atoms with Crippen LogP contribution in [0, 0.1) is 0 Å². The van der Waals surface area contributed by atoms with Gasteiger partial charge in [0.05, 0.1) is 0 Å². The number of rotatable bonds is 3. The zero-order valence-electron chi connectivity index (χ0n) is 8.35. The van der Waals surface area contributed by atoms with Gasteiger partial charge in [0.1, 0.15) is 0 Å². The minimum atomic E-state index is 0.557. The topological polar surface area (TPSA) is 12.0 Å². The van der Waals surface area contributed by atoms with Crippen LogP contribution >= 0.6 is 0 Å². The van der Waals surface area contributed by atoms with Gasteiger partial charge in [0.25, 0.3) is 0 Å². The molecule has 0 spiro atoms. The fourth-order valence-electron chi connectivity index (χ4n) is 1.79. The second kappa shape index (κ2) is 4.46. The predicted octanol–water partition coefficient (Wildman–Crippen LogP) is 2.65. The molecule has 1 N–H and O–H groups in total. The van der Waals surface area contributed by atoms with E-state index in [1.165, 1.54) is 24.8 Å². The van der Waals surface area contributed by atoms with Gasteiger partial charge < -0.3 is 5.32 Å². The summed E-state index contributed by atoms with van der Waals surface area (Å²) < 4.78 is 0. The average molecular weight is 165 g/mol. The van der Waals surface area contributed by atoms with E-state index in [1.54, 1.807) is 5.57 Å². The van der Waals surface area contributed by atoms with Crippen LogP contribution in [0.3, 0.4) is 0 Å². The molecular formula is C11H19N. The van der Waals surface area contributed by atoms with Crippen molar-refractivity contribution in [2.45, 2.75) is 39.2 Å². The van der Waals surface area contributed by atoms with E-state index in [0.717, 1.165) is 0 Å². The maximum absolute atomic E-state index is 3.34. The molecule has 1 rings (SSSR count). The van der Waals surface area contributed by atoms with E-state index >= 15 is 0 Å². The minimum absolute atomic E-state index is 0.557. The summed E-state index contributed by atoms with van der Waals surface area (Å²) in [6.07, 6.45) is 8.19. The highest BCUT2D eigenvalue weighted by Gasteiger charge is 2.11. The summed E-state index contributed by atoms with van der Waals surface area (Å²) >= 11 is 0. The number of hydrogen-bond donors (Lipinski definition) is 1. The first-order valence-corrected chi connectivity index (χ1v) is 4.83. The Morgan fingerprint density at radius 1 is 1.58 bits per heavy atom. The van der Waals surface area contributed by atoms with E-state index in [1.807, 2.05) is 7.05 Å². The van der Waals surface area contributed by atoms with Crippen LogP contribution < -0.4 is 5.32 Å². The Balaban J connectivity index is 2.76. The van der Waals surface area contributed by atoms with Gasteiger partial charge in [0.2, 0.25) is 0 Å². The Morgan fingerprint density at radius 3 is 2.83 bits per heavy atom. The summed E-state index contributed by atoms with van der Waals surface area (Å²) in [7, 11) is 2.04. The Labute approximate surface area is 75.6 Å². The van der Waals surface area contributed by atoms with Crippen LogP contribution in [0.4, 0.5) is 0 Å². The SMILES string of the molecule is CCC(NC)C1=C(C)CCC=C1. The van der Waals surface area contributed by atoms with Gasteiger partial charge in [-0.3, -0.25) is 0 Å². The largest absolute Gasteiger partial charge is 0.313 e. The molecule has 0 aliphatic heterocycles. The molecule has 68 valence electrons. The van der Waals surface area contributed by atoms with Crippen LogP contribution in [0.1, 0.15) is 33.1 Å². The normalized spacial score (nSPS) is 19.9. The van der Waals surface area contributed by atoms with Crippen molar-refractivity contribution < 1.29 is 0 Å². The summed E-state index contributed by atoms with van der Waals surface area (Å²) in [5.74, 6) is 0. The minimum Gasteiger partial charge on any atom is -0.313 e. The maximum Gasteiger partial charge on any atom is 0.0314 e. The van der Waals surface area contributed by atoms with Crippen molar-refractivity contribution in [1.82, 2.24) is 5.32 Å². The highest BCUT2D eigenvalue weighted by Crippen LogP contribution is 2.22. The number of allylic oxidation sites excluding steroid dienone is 2. The third-order valence-electron chi connectivity index (χ3n) is 2.61. The monoisotopic (exact) mass is 165 g/mol. The standard InChI is InChI=1S/C11H19N/c1-4-11(12-3)10-8-6-5-7-9(10)2/h6,8,11-12H,4-5,7H2,1-3H3. The van der Waals surface area contributed by atoms with E-state index in [2.05, 4.69) is 31.3 Å². The Hall–Kier alpha value is -0.560. The number of hydrogen-bond acceptors (Lipinski definition) is 1.